The minimum Gasteiger partial charge on any atom is -0.326 e. The number of hydrogen-bond acceptors (Lipinski definition) is 3. The van der Waals surface area contributed by atoms with E-state index in [1.165, 1.54) is 11.3 Å². The number of amides is 2. The molecule has 1 aromatic carbocycles. The highest BCUT2D eigenvalue weighted by molar-refractivity contribution is 7.14. The molecule has 2 N–H and O–H groups in total. The Balaban J connectivity index is 1.84. The zero-order valence-electron chi connectivity index (χ0n) is 14.0. The van der Waals surface area contributed by atoms with E-state index in [-0.39, 0.29) is 17.7 Å². The standard InChI is InChI=1S/C19H22N2O2S/c1-3-19(2,18(23)21-16-9-6-12-24-16)14-11-10-13-7-4-5-8-15(13)20-17(14)22/h4-9,12,14H,3,10-11H2,1-2H3,(H,20,22)(H,21,23)/t14-,19?/m0/s1. The molecular weight excluding hydrogens is 320 g/mol. The molecule has 0 aliphatic carbocycles. The van der Waals surface area contributed by atoms with E-state index >= 15 is 0 Å². The first kappa shape index (κ1) is 16.7. The molecule has 1 aromatic heterocycles. The third-order valence-corrected chi connectivity index (χ3v) is 5.86. The summed E-state index contributed by atoms with van der Waals surface area (Å²) < 4.78 is 0. The SMILES string of the molecule is CCC(C)(C(=O)Nc1cccs1)[C@H]1CCc2ccccc2NC1=O. The maximum Gasteiger partial charge on any atom is 0.231 e. The number of aryl methyl sites for hydroxylation is 1. The third-order valence-electron chi connectivity index (χ3n) is 5.07. The molecule has 1 aliphatic rings. The fourth-order valence-corrected chi connectivity index (χ4v) is 3.90. The van der Waals surface area contributed by atoms with Crippen LogP contribution in [0.2, 0.25) is 0 Å². The number of anilines is 2. The fraction of sp³-hybridized carbons (Fsp3) is 0.368. The van der Waals surface area contributed by atoms with Crippen LogP contribution in [0.1, 0.15) is 32.3 Å². The molecular formula is C19H22N2O2S. The lowest BCUT2D eigenvalue weighted by Crippen LogP contribution is -2.44. The van der Waals surface area contributed by atoms with Gasteiger partial charge < -0.3 is 10.6 Å². The summed E-state index contributed by atoms with van der Waals surface area (Å²) in [5, 5.41) is 8.72. The van der Waals surface area contributed by atoms with Crippen LogP contribution in [0.4, 0.5) is 10.7 Å². The first-order chi connectivity index (χ1) is 11.5. The molecule has 3 rings (SSSR count). The first-order valence-electron chi connectivity index (χ1n) is 8.28. The highest BCUT2D eigenvalue weighted by Crippen LogP contribution is 2.39. The first-order valence-corrected chi connectivity index (χ1v) is 9.16. The minimum atomic E-state index is -0.740. The van der Waals surface area contributed by atoms with Gasteiger partial charge in [0.05, 0.1) is 16.3 Å². The Kier molecular flexibility index (Phi) is 4.71. The Hall–Kier alpha value is -2.14. The molecule has 2 atom stereocenters. The molecule has 126 valence electrons. The van der Waals surface area contributed by atoms with E-state index in [2.05, 4.69) is 10.6 Å². The van der Waals surface area contributed by atoms with E-state index in [1.54, 1.807) is 0 Å². The van der Waals surface area contributed by atoms with Crippen LogP contribution >= 0.6 is 11.3 Å². The van der Waals surface area contributed by atoms with Crippen molar-refractivity contribution in [1.82, 2.24) is 0 Å². The highest BCUT2D eigenvalue weighted by atomic mass is 32.1. The Morgan fingerprint density at radius 2 is 2.12 bits per heavy atom. The van der Waals surface area contributed by atoms with Gasteiger partial charge in [-0.3, -0.25) is 9.59 Å². The van der Waals surface area contributed by atoms with Crippen molar-refractivity contribution in [1.29, 1.82) is 0 Å². The largest absolute Gasteiger partial charge is 0.326 e. The van der Waals surface area contributed by atoms with Gasteiger partial charge in [0.25, 0.3) is 0 Å². The van der Waals surface area contributed by atoms with Crippen LogP contribution in [0.25, 0.3) is 0 Å². The summed E-state index contributed by atoms with van der Waals surface area (Å²) in [6.45, 7) is 3.87. The lowest BCUT2D eigenvalue weighted by molar-refractivity contribution is -0.135. The molecule has 2 heterocycles. The van der Waals surface area contributed by atoms with Crippen molar-refractivity contribution in [2.45, 2.75) is 33.1 Å². The van der Waals surface area contributed by atoms with Crippen LogP contribution in [-0.4, -0.2) is 11.8 Å². The second-order valence-corrected chi connectivity index (χ2v) is 7.39. The number of nitrogens with one attached hydrogen (secondary N) is 2. The van der Waals surface area contributed by atoms with E-state index in [0.29, 0.717) is 12.8 Å². The molecule has 0 saturated heterocycles. The van der Waals surface area contributed by atoms with Gasteiger partial charge in [-0.1, -0.05) is 25.1 Å². The van der Waals surface area contributed by atoms with Crippen LogP contribution < -0.4 is 10.6 Å². The Morgan fingerprint density at radius 1 is 1.33 bits per heavy atom. The molecule has 1 unspecified atom stereocenters. The molecule has 0 fully saturated rings. The molecule has 2 aromatic rings. The lowest BCUT2D eigenvalue weighted by atomic mass is 9.71. The maximum atomic E-state index is 12.9. The monoisotopic (exact) mass is 342 g/mol. The van der Waals surface area contributed by atoms with E-state index in [9.17, 15) is 9.59 Å². The summed E-state index contributed by atoms with van der Waals surface area (Å²) in [4.78, 5) is 25.7. The average molecular weight is 342 g/mol. The van der Waals surface area contributed by atoms with E-state index in [0.717, 1.165) is 22.7 Å². The molecule has 0 bridgehead atoms. The molecule has 0 saturated carbocycles. The van der Waals surface area contributed by atoms with Crippen molar-refractivity contribution in [3.8, 4) is 0 Å². The molecule has 0 spiro atoms. The van der Waals surface area contributed by atoms with Crippen LogP contribution in [0, 0.1) is 11.3 Å². The van der Waals surface area contributed by atoms with Gasteiger partial charge in [-0.25, -0.2) is 0 Å². The smallest absolute Gasteiger partial charge is 0.231 e. The highest BCUT2D eigenvalue weighted by Gasteiger charge is 2.44. The minimum absolute atomic E-state index is 0.0642. The van der Waals surface area contributed by atoms with E-state index < -0.39 is 5.41 Å². The quantitative estimate of drug-likeness (QED) is 0.870. The lowest BCUT2D eigenvalue weighted by Gasteiger charge is -2.33. The number of hydrogen-bond donors (Lipinski definition) is 2. The zero-order valence-corrected chi connectivity index (χ0v) is 14.8. The van der Waals surface area contributed by atoms with Crippen molar-refractivity contribution in [3.05, 3.63) is 47.3 Å². The number of carbonyl (C=O) groups excluding carboxylic acids is 2. The summed E-state index contributed by atoms with van der Waals surface area (Å²) in [7, 11) is 0. The van der Waals surface area contributed by atoms with Crippen molar-refractivity contribution in [2.24, 2.45) is 11.3 Å². The van der Waals surface area contributed by atoms with Gasteiger partial charge in [-0.15, -0.1) is 11.3 Å². The Morgan fingerprint density at radius 3 is 2.83 bits per heavy atom. The second kappa shape index (κ2) is 6.77. The molecule has 1 aliphatic heterocycles. The topological polar surface area (TPSA) is 58.2 Å². The van der Waals surface area contributed by atoms with Gasteiger partial charge in [-0.05, 0) is 55.3 Å². The van der Waals surface area contributed by atoms with E-state index in [4.69, 9.17) is 0 Å². The van der Waals surface area contributed by atoms with Gasteiger partial charge >= 0.3 is 0 Å². The maximum absolute atomic E-state index is 12.9. The summed E-state index contributed by atoms with van der Waals surface area (Å²) in [5.41, 5.74) is 1.25. The summed E-state index contributed by atoms with van der Waals surface area (Å²) in [6.07, 6.45) is 2.07. The normalized spacial score (nSPS) is 19.6. The van der Waals surface area contributed by atoms with Crippen molar-refractivity contribution < 1.29 is 9.59 Å². The number of para-hydroxylation sites is 1. The number of carbonyl (C=O) groups is 2. The van der Waals surface area contributed by atoms with Crippen molar-refractivity contribution in [2.75, 3.05) is 10.6 Å². The summed E-state index contributed by atoms with van der Waals surface area (Å²) in [6, 6.07) is 11.6. The zero-order chi connectivity index (χ0) is 17.2. The van der Waals surface area contributed by atoms with Crippen LogP contribution in [0.15, 0.2) is 41.8 Å². The average Bonchev–Trinajstić information content (AvgIpc) is 3.02. The van der Waals surface area contributed by atoms with Crippen molar-refractivity contribution in [3.63, 3.8) is 0 Å². The fourth-order valence-electron chi connectivity index (χ4n) is 3.29. The predicted molar refractivity (Wildman–Crippen MR) is 98.2 cm³/mol. The number of thiophene rings is 1. The van der Waals surface area contributed by atoms with Gasteiger partial charge in [0, 0.05) is 5.69 Å². The third kappa shape index (κ3) is 3.08. The van der Waals surface area contributed by atoms with Gasteiger partial charge in [0.1, 0.15) is 0 Å². The van der Waals surface area contributed by atoms with Gasteiger partial charge in [-0.2, -0.15) is 0 Å². The predicted octanol–water partition coefficient (Wildman–Crippen LogP) is 4.30. The number of fused-ring (bicyclic) bond motifs is 1. The second-order valence-electron chi connectivity index (χ2n) is 6.44. The molecule has 24 heavy (non-hydrogen) atoms. The number of benzene rings is 1. The van der Waals surface area contributed by atoms with Crippen LogP contribution in [0.3, 0.4) is 0 Å². The Labute approximate surface area is 146 Å². The number of rotatable bonds is 4. The van der Waals surface area contributed by atoms with Crippen LogP contribution in [-0.2, 0) is 16.0 Å². The molecule has 0 radical (unpaired) electrons. The van der Waals surface area contributed by atoms with E-state index in [1.807, 2.05) is 55.6 Å². The molecule has 4 nitrogen and oxygen atoms in total. The Bertz CT molecular complexity index is 742. The van der Waals surface area contributed by atoms with Gasteiger partial charge in [0.2, 0.25) is 11.8 Å². The van der Waals surface area contributed by atoms with Gasteiger partial charge in [0.15, 0.2) is 0 Å². The molecule has 5 heteroatoms. The van der Waals surface area contributed by atoms with Crippen LogP contribution in [0.5, 0.6) is 0 Å². The molecule has 2 amide bonds. The summed E-state index contributed by atoms with van der Waals surface area (Å²) in [5.74, 6) is -0.501. The van der Waals surface area contributed by atoms with Crippen molar-refractivity contribution >= 4 is 33.8 Å². The summed E-state index contributed by atoms with van der Waals surface area (Å²) >= 11 is 1.49.